The summed E-state index contributed by atoms with van der Waals surface area (Å²) < 4.78 is 5.86. The van der Waals surface area contributed by atoms with E-state index in [4.69, 9.17) is 15.1 Å². The molecule has 6 heteroatoms. The monoisotopic (exact) mass is 438 g/mol. The van der Waals surface area contributed by atoms with E-state index in [2.05, 4.69) is 22.4 Å². The van der Waals surface area contributed by atoms with Gasteiger partial charge in [0.2, 0.25) is 0 Å². The van der Waals surface area contributed by atoms with Crippen LogP contribution in [-0.4, -0.2) is 27.9 Å². The topological polar surface area (TPSA) is 91.1 Å². The Morgan fingerprint density at radius 2 is 1.73 bits per heavy atom. The van der Waals surface area contributed by atoms with Crippen molar-refractivity contribution in [3.8, 4) is 17.0 Å². The molecule has 3 N–H and O–H groups in total. The summed E-state index contributed by atoms with van der Waals surface area (Å²) in [5, 5.41) is 20.7. The Bertz CT molecular complexity index is 1240. The fraction of sp³-hybridized carbons (Fsp3) is 0.148. The summed E-state index contributed by atoms with van der Waals surface area (Å²) in [6.07, 6.45) is 2.01. The van der Waals surface area contributed by atoms with Gasteiger partial charge < -0.3 is 20.6 Å². The lowest BCUT2D eigenvalue weighted by Gasteiger charge is -2.16. The highest BCUT2D eigenvalue weighted by Gasteiger charge is 2.14. The molecule has 0 radical (unpaired) electrons. The predicted octanol–water partition coefficient (Wildman–Crippen LogP) is 5.37. The fourth-order valence-corrected chi connectivity index (χ4v) is 3.62. The molecule has 0 saturated heterocycles. The summed E-state index contributed by atoms with van der Waals surface area (Å²) in [5.74, 6) is 1.18. The van der Waals surface area contributed by atoms with Gasteiger partial charge >= 0.3 is 0 Å². The van der Waals surface area contributed by atoms with Crippen molar-refractivity contribution >= 4 is 17.7 Å². The number of anilines is 2. The third-order valence-corrected chi connectivity index (χ3v) is 5.15. The summed E-state index contributed by atoms with van der Waals surface area (Å²) in [6.45, 7) is 2.25. The van der Waals surface area contributed by atoms with Gasteiger partial charge in [-0.05, 0) is 48.9 Å². The second-order valence-electron chi connectivity index (χ2n) is 7.49. The van der Waals surface area contributed by atoms with Crippen molar-refractivity contribution in [3.05, 3.63) is 101 Å². The first-order valence-corrected chi connectivity index (χ1v) is 10.9. The molecule has 2 aromatic carbocycles. The number of nitrogens with one attached hydrogen (secondary N) is 2. The van der Waals surface area contributed by atoms with Crippen LogP contribution in [0.4, 0.5) is 11.5 Å². The zero-order valence-electron chi connectivity index (χ0n) is 18.5. The van der Waals surface area contributed by atoms with Gasteiger partial charge in [-0.25, -0.2) is 4.98 Å². The minimum Gasteiger partial charge on any atom is -0.493 e. The van der Waals surface area contributed by atoms with E-state index in [9.17, 15) is 5.11 Å². The van der Waals surface area contributed by atoms with E-state index in [0.717, 1.165) is 23.4 Å². The summed E-state index contributed by atoms with van der Waals surface area (Å²) in [6, 6.07) is 25.5. The van der Waals surface area contributed by atoms with Crippen molar-refractivity contribution in [2.45, 2.75) is 20.0 Å². The number of nitrogens with zero attached hydrogens (tertiary/aromatic N) is 2. The number of rotatable bonds is 9. The van der Waals surface area contributed by atoms with Crippen LogP contribution >= 0.6 is 0 Å². The molecule has 33 heavy (non-hydrogen) atoms. The molecule has 0 saturated carbocycles. The number of hydrogen-bond acceptors (Lipinski definition) is 6. The van der Waals surface area contributed by atoms with Gasteiger partial charge in [0.25, 0.3) is 0 Å². The van der Waals surface area contributed by atoms with Gasteiger partial charge in [0.1, 0.15) is 11.6 Å². The summed E-state index contributed by atoms with van der Waals surface area (Å²) >= 11 is 0. The molecule has 0 aliphatic heterocycles. The average molecular weight is 439 g/mol. The molecule has 4 rings (SSSR count). The first-order chi connectivity index (χ1) is 16.2. The lowest BCUT2D eigenvalue weighted by molar-refractivity contribution is 0.277. The van der Waals surface area contributed by atoms with Crippen LogP contribution in [0.3, 0.4) is 0 Å². The minimum atomic E-state index is -0.144. The van der Waals surface area contributed by atoms with Crippen molar-refractivity contribution < 1.29 is 9.84 Å². The second kappa shape index (κ2) is 10.5. The van der Waals surface area contributed by atoms with Gasteiger partial charge in [0.15, 0.2) is 0 Å². The number of hydrogen-bond donors (Lipinski definition) is 3. The third kappa shape index (κ3) is 5.42. The van der Waals surface area contributed by atoms with Crippen LogP contribution in [0.5, 0.6) is 5.75 Å². The number of aliphatic hydroxyl groups excluding tert-OH is 1. The van der Waals surface area contributed by atoms with E-state index in [0.29, 0.717) is 35.1 Å². The Morgan fingerprint density at radius 3 is 2.48 bits per heavy atom. The van der Waals surface area contributed by atoms with Crippen LogP contribution in [0.2, 0.25) is 0 Å². The van der Waals surface area contributed by atoms with E-state index in [1.165, 1.54) is 11.8 Å². The number of pyridine rings is 2. The minimum absolute atomic E-state index is 0.144. The molecule has 0 unspecified atom stereocenters. The first-order valence-electron chi connectivity index (χ1n) is 10.9. The molecule has 0 atom stereocenters. The quantitative estimate of drug-likeness (QED) is 0.306. The van der Waals surface area contributed by atoms with Crippen LogP contribution in [0.1, 0.15) is 29.4 Å². The Hall–Kier alpha value is -4.03. The molecule has 0 fully saturated rings. The maximum Gasteiger partial charge on any atom is 0.130 e. The van der Waals surface area contributed by atoms with Crippen molar-refractivity contribution in [1.82, 2.24) is 9.97 Å². The third-order valence-electron chi connectivity index (χ3n) is 5.15. The molecule has 0 bridgehead atoms. The van der Waals surface area contributed by atoms with Gasteiger partial charge in [-0.1, -0.05) is 42.5 Å². The summed E-state index contributed by atoms with van der Waals surface area (Å²) in [4.78, 5) is 9.29. The molecule has 2 aromatic heterocycles. The molecular formula is C27H26N4O2. The molecule has 0 aliphatic rings. The van der Waals surface area contributed by atoms with E-state index in [1.807, 2.05) is 67.6 Å². The Balaban J connectivity index is 1.73. The van der Waals surface area contributed by atoms with Gasteiger partial charge in [0, 0.05) is 23.9 Å². The van der Waals surface area contributed by atoms with Crippen LogP contribution in [0.15, 0.2) is 78.9 Å². The normalized spacial score (nSPS) is 10.6. The largest absolute Gasteiger partial charge is 0.493 e. The highest BCUT2D eigenvalue weighted by molar-refractivity contribution is 5.93. The maximum absolute atomic E-state index is 9.41. The van der Waals surface area contributed by atoms with Crippen molar-refractivity contribution in [3.63, 3.8) is 0 Å². The molecule has 0 aliphatic carbocycles. The van der Waals surface area contributed by atoms with Crippen molar-refractivity contribution in [2.75, 3.05) is 11.9 Å². The zero-order chi connectivity index (χ0) is 23.0. The molecule has 4 aromatic rings. The highest BCUT2D eigenvalue weighted by Crippen LogP contribution is 2.34. The smallest absolute Gasteiger partial charge is 0.130 e. The van der Waals surface area contributed by atoms with Gasteiger partial charge in [-0.3, -0.25) is 4.98 Å². The lowest BCUT2D eigenvalue weighted by atomic mass is 10.0. The summed E-state index contributed by atoms with van der Waals surface area (Å²) in [7, 11) is 0. The van der Waals surface area contributed by atoms with Crippen molar-refractivity contribution in [2.24, 2.45) is 0 Å². The van der Waals surface area contributed by atoms with Crippen LogP contribution in [0.25, 0.3) is 11.3 Å². The van der Waals surface area contributed by atoms with Crippen LogP contribution < -0.4 is 10.1 Å². The van der Waals surface area contributed by atoms with Crippen LogP contribution in [-0.2, 0) is 13.0 Å². The van der Waals surface area contributed by atoms with Crippen molar-refractivity contribution in [1.29, 1.82) is 5.41 Å². The van der Waals surface area contributed by atoms with E-state index in [1.54, 1.807) is 6.07 Å². The SMILES string of the molecule is CCOc1cc(-c2cccc(Cc3ccccc3)n2)cc(Nc2cccc(CO)n2)c1C=N. The Morgan fingerprint density at radius 1 is 0.939 bits per heavy atom. The molecule has 2 heterocycles. The molecule has 6 nitrogen and oxygen atoms in total. The van der Waals surface area contributed by atoms with Gasteiger partial charge in [-0.2, -0.15) is 0 Å². The fourth-order valence-electron chi connectivity index (χ4n) is 3.62. The van der Waals surface area contributed by atoms with E-state index < -0.39 is 0 Å². The number of aliphatic hydroxyl groups is 1. The van der Waals surface area contributed by atoms with Gasteiger partial charge in [0.05, 0.1) is 35.9 Å². The Labute approximate surface area is 193 Å². The van der Waals surface area contributed by atoms with E-state index in [-0.39, 0.29) is 6.61 Å². The zero-order valence-corrected chi connectivity index (χ0v) is 18.5. The number of aromatic nitrogens is 2. The molecule has 166 valence electrons. The van der Waals surface area contributed by atoms with E-state index >= 15 is 0 Å². The summed E-state index contributed by atoms with van der Waals surface area (Å²) in [5.41, 5.74) is 5.74. The Kier molecular flexibility index (Phi) is 7.07. The van der Waals surface area contributed by atoms with Gasteiger partial charge in [-0.15, -0.1) is 0 Å². The highest BCUT2D eigenvalue weighted by atomic mass is 16.5. The predicted molar refractivity (Wildman–Crippen MR) is 131 cm³/mol. The molecule has 0 amide bonds. The van der Waals surface area contributed by atoms with Crippen LogP contribution in [0, 0.1) is 5.41 Å². The molecule has 0 spiro atoms. The number of ether oxygens (including phenoxy) is 1. The molecular weight excluding hydrogens is 412 g/mol. The number of benzene rings is 2. The first kappa shape index (κ1) is 22.2. The second-order valence-corrected chi connectivity index (χ2v) is 7.49. The average Bonchev–Trinajstić information content (AvgIpc) is 2.85. The standard InChI is InChI=1S/C27H26N4O2/c1-2-33-26-16-20(24-12-6-10-21(29-24)14-19-8-4-3-5-9-19)15-25(23(26)17-28)31-27-13-7-11-22(18-32)30-27/h3-13,15-17,28,32H,2,14,18H2,1H3,(H,30,31). The maximum atomic E-state index is 9.41. The lowest BCUT2D eigenvalue weighted by Crippen LogP contribution is -2.04.